The number of hydrogen-bond acceptors (Lipinski definition) is 4. The van der Waals surface area contributed by atoms with Gasteiger partial charge in [0.2, 0.25) is 8.32 Å². The standard InChI is InChI=1S/C31H58O4Si2/c1-27(2,3)36(10,11)34-24-15-14-19-30(9)23(24)18-20-31(33)26(35-37(12,13)28(4,5)6)17-16-22(21-25(30)32)29(31,7)8/h17,22-24,33H,14-16,18-21H2,1-13H3/t22?,23-,24-,30-,31?/m1/s1. The number of aliphatic hydroxyl groups is 1. The molecule has 2 unspecified atom stereocenters. The Balaban J connectivity index is 2.05. The van der Waals surface area contributed by atoms with E-state index in [-0.39, 0.29) is 28.0 Å². The molecule has 2 bridgehead atoms. The number of rotatable bonds is 4. The number of Topliss-reactive ketones (excluding diaryl/α,β-unsaturated/α-hetero) is 1. The second-order valence-electron chi connectivity index (χ2n) is 16.4. The lowest BCUT2D eigenvalue weighted by Crippen LogP contribution is -2.56. The van der Waals surface area contributed by atoms with Crippen molar-refractivity contribution in [3.05, 3.63) is 11.8 Å². The molecular weight excluding hydrogens is 493 g/mol. The molecule has 3 aliphatic rings. The molecule has 3 aliphatic carbocycles. The second kappa shape index (κ2) is 9.59. The highest BCUT2D eigenvalue weighted by molar-refractivity contribution is 6.74. The van der Waals surface area contributed by atoms with Gasteiger partial charge in [-0.25, -0.2) is 0 Å². The SMILES string of the molecule is CC1(C)C2CC=C(O[Si](C)(C)C(C)(C)C)C1(O)CC[C@@H]1[C@H](O[Si](C)(C)C(C)(C)C)CCC[C@@]1(C)C(=O)C2. The van der Waals surface area contributed by atoms with Crippen LogP contribution >= 0.6 is 0 Å². The van der Waals surface area contributed by atoms with Crippen molar-refractivity contribution in [1.29, 1.82) is 0 Å². The topological polar surface area (TPSA) is 55.8 Å². The van der Waals surface area contributed by atoms with E-state index in [2.05, 4.69) is 94.6 Å². The van der Waals surface area contributed by atoms with Gasteiger partial charge in [0.05, 0.1) is 0 Å². The van der Waals surface area contributed by atoms with Crippen molar-refractivity contribution in [3.63, 3.8) is 0 Å². The zero-order chi connectivity index (χ0) is 28.5. The summed E-state index contributed by atoms with van der Waals surface area (Å²) in [4.78, 5) is 14.1. The Morgan fingerprint density at radius 3 is 2.03 bits per heavy atom. The van der Waals surface area contributed by atoms with Crippen LogP contribution in [-0.4, -0.2) is 39.2 Å². The molecule has 0 radical (unpaired) electrons. The summed E-state index contributed by atoms with van der Waals surface area (Å²) in [6, 6.07) is 0. The van der Waals surface area contributed by atoms with Gasteiger partial charge >= 0.3 is 0 Å². The summed E-state index contributed by atoms with van der Waals surface area (Å²) in [6.07, 6.45) is 7.90. The Hall–Kier alpha value is -0.436. The maximum atomic E-state index is 14.1. The average Bonchev–Trinajstić information content (AvgIpc) is 2.72. The fraction of sp³-hybridized carbons (Fsp3) is 0.903. The van der Waals surface area contributed by atoms with Gasteiger partial charge in [-0.2, -0.15) is 0 Å². The highest BCUT2D eigenvalue weighted by Crippen LogP contribution is 2.58. The van der Waals surface area contributed by atoms with Crippen LogP contribution in [0.15, 0.2) is 11.8 Å². The summed E-state index contributed by atoms with van der Waals surface area (Å²) in [5, 5.41) is 12.8. The van der Waals surface area contributed by atoms with E-state index in [4.69, 9.17) is 8.85 Å². The third-order valence-electron chi connectivity index (χ3n) is 11.8. The van der Waals surface area contributed by atoms with Gasteiger partial charge < -0.3 is 14.0 Å². The molecule has 214 valence electrons. The monoisotopic (exact) mass is 550 g/mol. The molecule has 4 nitrogen and oxygen atoms in total. The molecule has 2 fully saturated rings. The van der Waals surface area contributed by atoms with Crippen molar-refractivity contribution >= 4 is 22.4 Å². The molecule has 37 heavy (non-hydrogen) atoms. The van der Waals surface area contributed by atoms with Crippen LogP contribution in [0, 0.1) is 22.7 Å². The number of allylic oxidation sites excluding steroid dienone is 1. The van der Waals surface area contributed by atoms with Gasteiger partial charge in [0.25, 0.3) is 0 Å². The third-order valence-corrected chi connectivity index (χ3v) is 20.7. The van der Waals surface area contributed by atoms with Gasteiger partial charge in [-0.05, 0) is 92.7 Å². The summed E-state index contributed by atoms with van der Waals surface area (Å²) < 4.78 is 14.0. The Bertz CT molecular complexity index is 907. The predicted molar refractivity (Wildman–Crippen MR) is 160 cm³/mol. The van der Waals surface area contributed by atoms with Crippen molar-refractivity contribution in [2.24, 2.45) is 22.7 Å². The minimum atomic E-state index is -2.14. The fourth-order valence-electron chi connectivity index (χ4n) is 6.54. The molecule has 0 aromatic carbocycles. The number of hydrogen-bond donors (Lipinski definition) is 1. The average molecular weight is 551 g/mol. The van der Waals surface area contributed by atoms with Crippen LogP contribution in [0.25, 0.3) is 0 Å². The first-order chi connectivity index (χ1) is 16.5. The van der Waals surface area contributed by atoms with Gasteiger partial charge in [-0.3, -0.25) is 4.79 Å². The second-order valence-corrected chi connectivity index (χ2v) is 25.9. The highest BCUT2D eigenvalue weighted by Gasteiger charge is 2.59. The molecule has 0 heterocycles. The highest BCUT2D eigenvalue weighted by atomic mass is 28.4. The van der Waals surface area contributed by atoms with E-state index in [1.807, 2.05) is 0 Å². The molecule has 5 atom stereocenters. The van der Waals surface area contributed by atoms with E-state index >= 15 is 0 Å². The molecule has 0 saturated heterocycles. The molecule has 0 aliphatic heterocycles. The van der Waals surface area contributed by atoms with E-state index in [0.717, 1.165) is 37.9 Å². The molecule has 2 saturated carbocycles. The molecular formula is C31H58O4Si2. The number of carbonyl (C=O) groups is 1. The number of carbonyl (C=O) groups excluding carboxylic acids is 1. The molecule has 6 heteroatoms. The van der Waals surface area contributed by atoms with E-state index in [9.17, 15) is 9.90 Å². The largest absolute Gasteiger partial charge is 0.545 e. The summed E-state index contributed by atoms with van der Waals surface area (Å²) in [6.45, 7) is 29.4. The van der Waals surface area contributed by atoms with Crippen LogP contribution in [0.2, 0.25) is 36.3 Å². The first kappa shape index (κ1) is 31.1. The van der Waals surface area contributed by atoms with E-state index in [1.165, 1.54) is 0 Å². The van der Waals surface area contributed by atoms with Gasteiger partial charge in [-0.15, -0.1) is 0 Å². The smallest absolute Gasteiger partial charge is 0.250 e. The first-order valence-electron chi connectivity index (χ1n) is 14.8. The van der Waals surface area contributed by atoms with Gasteiger partial charge in [0.1, 0.15) is 17.1 Å². The summed E-state index contributed by atoms with van der Waals surface area (Å²) in [5.41, 5.74) is -1.93. The minimum absolute atomic E-state index is 0.0453. The van der Waals surface area contributed by atoms with Crippen LogP contribution < -0.4 is 0 Å². The van der Waals surface area contributed by atoms with Crippen LogP contribution in [0.3, 0.4) is 0 Å². The Morgan fingerprint density at radius 2 is 1.49 bits per heavy atom. The van der Waals surface area contributed by atoms with E-state index in [1.54, 1.807) is 0 Å². The van der Waals surface area contributed by atoms with Gasteiger partial charge in [0.15, 0.2) is 8.32 Å². The molecule has 3 rings (SSSR count). The molecule has 0 amide bonds. The maximum absolute atomic E-state index is 14.1. The molecule has 0 aromatic heterocycles. The lowest BCUT2D eigenvalue weighted by Gasteiger charge is -2.53. The Kier molecular flexibility index (Phi) is 8.06. The number of fused-ring (bicyclic) bond motifs is 3. The van der Waals surface area contributed by atoms with Crippen LogP contribution in [0.1, 0.15) is 107 Å². The van der Waals surface area contributed by atoms with E-state index < -0.39 is 33.1 Å². The van der Waals surface area contributed by atoms with Crippen LogP contribution in [0.4, 0.5) is 0 Å². The zero-order valence-corrected chi connectivity index (χ0v) is 28.4. The van der Waals surface area contributed by atoms with E-state index in [0.29, 0.717) is 18.6 Å². The quantitative estimate of drug-likeness (QED) is 0.356. The van der Waals surface area contributed by atoms with Crippen molar-refractivity contribution in [3.8, 4) is 0 Å². The van der Waals surface area contributed by atoms with Gasteiger partial charge in [0, 0.05) is 23.4 Å². The summed E-state index contributed by atoms with van der Waals surface area (Å²) in [5.74, 6) is 1.38. The third kappa shape index (κ3) is 5.35. The summed E-state index contributed by atoms with van der Waals surface area (Å²) in [7, 11) is -4.15. The predicted octanol–water partition coefficient (Wildman–Crippen LogP) is 8.62. The molecule has 1 N–H and O–H groups in total. The molecule has 0 spiro atoms. The van der Waals surface area contributed by atoms with Crippen molar-refractivity contribution in [1.82, 2.24) is 0 Å². The minimum Gasteiger partial charge on any atom is -0.545 e. The lowest BCUT2D eigenvalue weighted by molar-refractivity contribution is -0.139. The van der Waals surface area contributed by atoms with Crippen LogP contribution in [0.5, 0.6) is 0 Å². The fourth-order valence-corrected chi connectivity index (χ4v) is 9.04. The molecule has 0 aromatic rings. The van der Waals surface area contributed by atoms with Gasteiger partial charge in [-0.1, -0.05) is 62.3 Å². The van der Waals surface area contributed by atoms with Crippen LogP contribution in [-0.2, 0) is 13.6 Å². The first-order valence-corrected chi connectivity index (χ1v) is 20.6. The van der Waals surface area contributed by atoms with Crippen molar-refractivity contribution in [2.45, 2.75) is 155 Å². The Labute approximate surface area is 230 Å². The zero-order valence-electron chi connectivity index (χ0n) is 26.4. The maximum Gasteiger partial charge on any atom is 0.250 e. The number of ketones is 1. The normalized spacial score (nSPS) is 35.6. The van der Waals surface area contributed by atoms with Crippen molar-refractivity contribution in [2.75, 3.05) is 0 Å². The lowest BCUT2D eigenvalue weighted by atomic mass is 9.59. The Morgan fingerprint density at radius 1 is 0.919 bits per heavy atom. The van der Waals surface area contributed by atoms with Crippen molar-refractivity contribution < 1.29 is 18.8 Å². The summed E-state index contributed by atoms with van der Waals surface area (Å²) >= 11 is 0.